The van der Waals surface area contributed by atoms with Crippen molar-refractivity contribution in [1.82, 2.24) is 0 Å². The molecule has 0 aromatic carbocycles. The summed E-state index contributed by atoms with van der Waals surface area (Å²) in [6, 6.07) is 0. The van der Waals surface area contributed by atoms with Gasteiger partial charge in [-0.2, -0.15) is 0 Å². The highest BCUT2D eigenvalue weighted by molar-refractivity contribution is 6.08. The average Bonchev–Trinajstić information content (AvgIpc) is 2.88. The third-order valence-electron chi connectivity index (χ3n) is 2.88. The molecular weight excluding hydrogens is 248 g/mol. The van der Waals surface area contributed by atoms with Gasteiger partial charge in [0.15, 0.2) is 0 Å². The fourth-order valence-corrected chi connectivity index (χ4v) is 1.91. The molecule has 0 aromatic heterocycles. The number of methoxy groups -OCH3 is 1. The number of esters is 1. The van der Waals surface area contributed by atoms with E-state index in [4.69, 9.17) is 9.68 Å². The van der Waals surface area contributed by atoms with Crippen LogP contribution in [-0.4, -0.2) is 37.7 Å². The lowest BCUT2D eigenvalue weighted by atomic mass is 9.98. The molecule has 1 atom stereocenters. The SMILES string of the molecule is CON=C1C=CC(C2=NOC(CC(=O)OC)C2)=CC1. The lowest BCUT2D eigenvalue weighted by molar-refractivity contribution is -0.143. The summed E-state index contributed by atoms with van der Waals surface area (Å²) < 4.78 is 4.61. The van der Waals surface area contributed by atoms with E-state index in [-0.39, 0.29) is 18.5 Å². The van der Waals surface area contributed by atoms with E-state index >= 15 is 0 Å². The van der Waals surface area contributed by atoms with Crippen molar-refractivity contribution in [3.63, 3.8) is 0 Å². The molecule has 6 heteroatoms. The Labute approximate surface area is 111 Å². The zero-order chi connectivity index (χ0) is 13.7. The first kappa shape index (κ1) is 13.3. The number of carbonyl (C=O) groups excluding carboxylic acids is 1. The van der Waals surface area contributed by atoms with Crippen molar-refractivity contribution in [2.45, 2.75) is 25.4 Å². The van der Waals surface area contributed by atoms with Gasteiger partial charge in [-0.15, -0.1) is 0 Å². The van der Waals surface area contributed by atoms with Crippen LogP contribution in [-0.2, 0) is 19.2 Å². The van der Waals surface area contributed by atoms with Crippen LogP contribution < -0.4 is 0 Å². The van der Waals surface area contributed by atoms with Gasteiger partial charge in [0.1, 0.15) is 13.2 Å². The maximum Gasteiger partial charge on any atom is 0.309 e. The number of ether oxygens (including phenoxy) is 1. The molecule has 2 aliphatic rings. The quantitative estimate of drug-likeness (QED) is 0.571. The summed E-state index contributed by atoms with van der Waals surface area (Å²) in [6.45, 7) is 0. The number of oxime groups is 2. The molecule has 0 bridgehead atoms. The molecule has 0 spiro atoms. The first-order valence-electron chi connectivity index (χ1n) is 6.01. The normalized spacial score (nSPS) is 23.7. The Hall–Kier alpha value is -2.11. The molecule has 1 unspecified atom stereocenters. The summed E-state index contributed by atoms with van der Waals surface area (Å²) in [7, 11) is 2.88. The maximum absolute atomic E-state index is 11.2. The summed E-state index contributed by atoms with van der Waals surface area (Å²) in [6.07, 6.45) is 7.12. The Kier molecular flexibility index (Phi) is 4.33. The molecule has 0 saturated heterocycles. The Morgan fingerprint density at radius 2 is 2.37 bits per heavy atom. The smallest absolute Gasteiger partial charge is 0.309 e. The predicted octanol–water partition coefficient (Wildman–Crippen LogP) is 1.58. The van der Waals surface area contributed by atoms with Crippen LogP contribution in [0.5, 0.6) is 0 Å². The minimum absolute atomic E-state index is 0.219. The zero-order valence-electron chi connectivity index (χ0n) is 11.0. The van der Waals surface area contributed by atoms with E-state index in [1.807, 2.05) is 18.2 Å². The first-order chi connectivity index (χ1) is 9.22. The molecule has 1 heterocycles. The lowest BCUT2D eigenvalue weighted by Gasteiger charge is -2.08. The molecule has 102 valence electrons. The number of carbonyl (C=O) groups is 1. The van der Waals surface area contributed by atoms with E-state index in [0.29, 0.717) is 12.8 Å². The van der Waals surface area contributed by atoms with Crippen LogP contribution in [0.15, 0.2) is 34.1 Å². The number of hydrogen-bond donors (Lipinski definition) is 0. The summed E-state index contributed by atoms with van der Waals surface area (Å²) >= 11 is 0. The standard InChI is InChI=1S/C13H16N2O4/c1-17-13(16)8-11-7-12(15-19-11)9-3-5-10(6-4-9)14-18-2/h3-5,11H,6-8H2,1-2H3. The van der Waals surface area contributed by atoms with Crippen LogP contribution in [0, 0.1) is 0 Å². The Balaban J connectivity index is 1.90. The van der Waals surface area contributed by atoms with Gasteiger partial charge in [-0.3, -0.25) is 4.79 Å². The average molecular weight is 264 g/mol. The minimum Gasteiger partial charge on any atom is -0.469 e. The molecule has 0 saturated carbocycles. The van der Waals surface area contributed by atoms with E-state index in [1.54, 1.807) is 0 Å². The van der Waals surface area contributed by atoms with Crippen molar-refractivity contribution in [3.05, 3.63) is 23.8 Å². The highest BCUT2D eigenvalue weighted by Gasteiger charge is 2.26. The molecule has 0 aromatic rings. The van der Waals surface area contributed by atoms with Gasteiger partial charge < -0.3 is 14.4 Å². The van der Waals surface area contributed by atoms with E-state index in [9.17, 15) is 4.79 Å². The van der Waals surface area contributed by atoms with E-state index in [2.05, 4.69) is 15.0 Å². The van der Waals surface area contributed by atoms with Gasteiger partial charge in [0, 0.05) is 12.8 Å². The van der Waals surface area contributed by atoms with Crippen LogP contribution in [0.2, 0.25) is 0 Å². The molecule has 1 aliphatic heterocycles. The van der Waals surface area contributed by atoms with E-state index < -0.39 is 0 Å². The minimum atomic E-state index is -0.288. The van der Waals surface area contributed by atoms with Crippen molar-refractivity contribution < 1.29 is 19.2 Å². The van der Waals surface area contributed by atoms with Crippen LogP contribution in [0.3, 0.4) is 0 Å². The van der Waals surface area contributed by atoms with Crippen molar-refractivity contribution in [2.24, 2.45) is 10.3 Å². The van der Waals surface area contributed by atoms with Crippen molar-refractivity contribution in [1.29, 1.82) is 0 Å². The van der Waals surface area contributed by atoms with Gasteiger partial charge in [-0.05, 0) is 11.6 Å². The van der Waals surface area contributed by atoms with Crippen molar-refractivity contribution >= 4 is 17.4 Å². The zero-order valence-corrected chi connectivity index (χ0v) is 11.0. The molecule has 1 aliphatic carbocycles. The topological polar surface area (TPSA) is 69.5 Å². The van der Waals surface area contributed by atoms with Crippen LogP contribution >= 0.6 is 0 Å². The van der Waals surface area contributed by atoms with Gasteiger partial charge >= 0.3 is 5.97 Å². The van der Waals surface area contributed by atoms with E-state index in [0.717, 1.165) is 17.0 Å². The largest absolute Gasteiger partial charge is 0.469 e. The van der Waals surface area contributed by atoms with E-state index in [1.165, 1.54) is 14.2 Å². The van der Waals surface area contributed by atoms with Gasteiger partial charge in [0.25, 0.3) is 0 Å². The van der Waals surface area contributed by atoms with Crippen molar-refractivity contribution in [3.8, 4) is 0 Å². The maximum atomic E-state index is 11.2. The van der Waals surface area contributed by atoms with Gasteiger partial charge in [0.2, 0.25) is 0 Å². The van der Waals surface area contributed by atoms with Crippen LogP contribution in [0.1, 0.15) is 19.3 Å². The molecule has 0 radical (unpaired) electrons. The second kappa shape index (κ2) is 6.17. The molecule has 0 N–H and O–H groups in total. The summed E-state index contributed by atoms with van der Waals surface area (Å²) in [5, 5.41) is 7.88. The molecule has 6 nitrogen and oxygen atoms in total. The molecule has 2 rings (SSSR count). The number of hydrogen-bond acceptors (Lipinski definition) is 6. The number of nitrogens with zero attached hydrogens (tertiary/aromatic N) is 2. The predicted molar refractivity (Wildman–Crippen MR) is 69.8 cm³/mol. The molecule has 0 fully saturated rings. The van der Waals surface area contributed by atoms with Crippen LogP contribution in [0.4, 0.5) is 0 Å². The Morgan fingerprint density at radius 1 is 1.53 bits per heavy atom. The Bertz CT molecular complexity index is 477. The lowest BCUT2D eigenvalue weighted by Crippen LogP contribution is -2.15. The first-order valence-corrected chi connectivity index (χ1v) is 6.01. The van der Waals surface area contributed by atoms with Gasteiger partial charge in [0.05, 0.1) is 25.0 Å². The van der Waals surface area contributed by atoms with Gasteiger partial charge in [-0.25, -0.2) is 0 Å². The fraction of sp³-hybridized carbons (Fsp3) is 0.462. The summed E-state index contributed by atoms with van der Waals surface area (Å²) in [4.78, 5) is 21.1. The third-order valence-corrected chi connectivity index (χ3v) is 2.88. The van der Waals surface area contributed by atoms with Gasteiger partial charge in [-0.1, -0.05) is 22.5 Å². The second-order valence-electron chi connectivity index (χ2n) is 4.21. The summed E-state index contributed by atoms with van der Waals surface area (Å²) in [5.74, 6) is -0.288. The third kappa shape index (κ3) is 3.43. The highest BCUT2D eigenvalue weighted by atomic mass is 16.6. The van der Waals surface area contributed by atoms with Crippen molar-refractivity contribution in [2.75, 3.05) is 14.2 Å². The van der Waals surface area contributed by atoms with Crippen LogP contribution in [0.25, 0.3) is 0 Å². The monoisotopic (exact) mass is 264 g/mol. The highest BCUT2D eigenvalue weighted by Crippen LogP contribution is 2.21. The number of allylic oxidation sites excluding steroid dienone is 4. The molecular formula is C13H16N2O4. The molecule has 0 amide bonds. The Morgan fingerprint density at radius 3 is 3.00 bits per heavy atom. The summed E-state index contributed by atoms with van der Waals surface area (Å²) in [5.41, 5.74) is 2.71. The number of rotatable bonds is 4. The second-order valence-corrected chi connectivity index (χ2v) is 4.21. The fourth-order valence-electron chi connectivity index (χ4n) is 1.91. The molecule has 19 heavy (non-hydrogen) atoms.